The van der Waals surface area contributed by atoms with Crippen molar-refractivity contribution in [3.63, 3.8) is 0 Å². The molecule has 132 valence electrons. The van der Waals surface area contributed by atoms with Crippen molar-refractivity contribution in [1.82, 2.24) is 14.7 Å². The number of para-hydroxylation sites is 1. The fourth-order valence-electron chi connectivity index (χ4n) is 2.74. The zero-order valence-corrected chi connectivity index (χ0v) is 14.1. The molecule has 6 nitrogen and oxygen atoms in total. The van der Waals surface area contributed by atoms with Crippen molar-refractivity contribution in [3.8, 4) is 5.69 Å². The molecule has 1 aliphatic carbocycles. The summed E-state index contributed by atoms with van der Waals surface area (Å²) in [5.74, 6) is -0.872. The molecule has 0 radical (unpaired) electrons. The summed E-state index contributed by atoms with van der Waals surface area (Å²) < 4.78 is 15.3. The molecule has 0 aliphatic heterocycles. The maximum atomic E-state index is 14.0. The van der Waals surface area contributed by atoms with Crippen molar-refractivity contribution in [3.05, 3.63) is 57.8 Å². The number of amides is 1. The molecule has 7 heteroatoms. The van der Waals surface area contributed by atoms with Gasteiger partial charge in [0.25, 0.3) is 5.91 Å². The highest BCUT2D eigenvalue weighted by Gasteiger charge is 2.32. The van der Waals surface area contributed by atoms with E-state index in [0.717, 1.165) is 12.8 Å². The quantitative estimate of drug-likeness (QED) is 0.892. The first-order valence-corrected chi connectivity index (χ1v) is 8.18. The van der Waals surface area contributed by atoms with Gasteiger partial charge < -0.3 is 10.0 Å². The molecular formula is C18H20FN3O3. The number of halogens is 1. The molecule has 2 aromatic rings. The molecule has 1 aromatic carbocycles. The number of carbonyl (C=O) groups excluding carboxylic acids is 1. The van der Waals surface area contributed by atoms with Gasteiger partial charge in [0.15, 0.2) is 5.69 Å². The van der Waals surface area contributed by atoms with E-state index in [1.165, 1.54) is 34.8 Å². The molecule has 3 rings (SSSR count). The Morgan fingerprint density at radius 3 is 2.76 bits per heavy atom. The molecule has 25 heavy (non-hydrogen) atoms. The van der Waals surface area contributed by atoms with Gasteiger partial charge in [-0.05, 0) is 37.8 Å². The lowest BCUT2D eigenvalue weighted by Crippen LogP contribution is -2.38. The van der Waals surface area contributed by atoms with E-state index in [1.54, 1.807) is 19.1 Å². The van der Waals surface area contributed by atoms with Crippen LogP contribution in [-0.2, 0) is 0 Å². The van der Waals surface area contributed by atoms with Crippen molar-refractivity contribution in [2.45, 2.75) is 25.9 Å². The summed E-state index contributed by atoms with van der Waals surface area (Å²) in [5.41, 5.74) is -0.232. The Balaban J connectivity index is 1.93. The third-order valence-corrected chi connectivity index (χ3v) is 4.36. The number of carbonyl (C=O) groups is 1. The molecule has 1 aromatic heterocycles. The van der Waals surface area contributed by atoms with E-state index >= 15 is 0 Å². The normalized spacial score (nSPS) is 15.0. The summed E-state index contributed by atoms with van der Waals surface area (Å²) in [4.78, 5) is 26.1. The Labute approximate surface area is 144 Å². The molecule has 1 amide bonds. The zero-order valence-electron chi connectivity index (χ0n) is 14.1. The average Bonchev–Trinajstić information content (AvgIpc) is 3.40. The van der Waals surface area contributed by atoms with Crippen LogP contribution in [0.1, 0.15) is 29.0 Å². The third-order valence-electron chi connectivity index (χ3n) is 4.36. The van der Waals surface area contributed by atoms with E-state index in [9.17, 15) is 19.1 Å². The summed E-state index contributed by atoms with van der Waals surface area (Å²) in [6, 6.07) is 7.27. The van der Waals surface area contributed by atoms with E-state index in [0.29, 0.717) is 5.69 Å². The van der Waals surface area contributed by atoms with Gasteiger partial charge >= 0.3 is 0 Å². The molecule has 1 fully saturated rings. The number of aliphatic hydroxyl groups is 1. The van der Waals surface area contributed by atoms with Crippen LogP contribution >= 0.6 is 0 Å². The van der Waals surface area contributed by atoms with Crippen molar-refractivity contribution >= 4 is 5.91 Å². The fraction of sp³-hybridized carbons (Fsp3) is 0.389. The van der Waals surface area contributed by atoms with Crippen LogP contribution in [0.25, 0.3) is 5.69 Å². The second-order valence-corrected chi connectivity index (χ2v) is 6.45. The number of aromatic nitrogens is 2. The predicted molar refractivity (Wildman–Crippen MR) is 90.2 cm³/mol. The minimum Gasteiger partial charge on any atom is -0.391 e. The highest BCUT2D eigenvalue weighted by molar-refractivity contribution is 5.91. The minimum absolute atomic E-state index is 0.137. The maximum absolute atomic E-state index is 14.0. The van der Waals surface area contributed by atoms with Gasteiger partial charge in [0.1, 0.15) is 11.5 Å². The van der Waals surface area contributed by atoms with Crippen molar-refractivity contribution in [2.24, 2.45) is 5.92 Å². The first-order chi connectivity index (χ1) is 11.9. The summed E-state index contributed by atoms with van der Waals surface area (Å²) in [6.45, 7) is 1.76. The molecule has 1 heterocycles. The first kappa shape index (κ1) is 17.3. The van der Waals surface area contributed by atoms with Crippen LogP contribution in [-0.4, -0.2) is 45.4 Å². The Bertz CT molecular complexity index is 861. The number of aliphatic hydroxyl groups excluding tert-OH is 1. The second kappa shape index (κ2) is 6.76. The van der Waals surface area contributed by atoms with E-state index in [2.05, 4.69) is 5.10 Å². The highest BCUT2D eigenvalue weighted by Crippen LogP contribution is 2.32. The zero-order chi connectivity index (χ0) is 18.1. The molecule has 0 spiro atoms. The van der Waals surface area contributed by atoms with Gasteiger partial charge in [-0.1, -0.05) is 12.1 Å². The number of benzene rings is 1. The van der Waals surface area contributed by atoms with Gasteiger partial charge in [-0.25, -0.2) is 9.07 Å². The lowest BCUT2D eigenvalue weighted by molar-refractivity contribution is 0.0637. The van der Waals surface area contributed by atoms with Gasteiger partial charge in [-0.15, -0.1) is 0 Å². The number of nitrogens with zero attached hydrogens (tertiary/aromatic N) is 3. The molecule has 1 unspecified atom stereocenters. The highest BCUT2D eigenvalue weighted by atomic mass is 19.1. The summed E-state index contributed by atoms with van der Waals surface area (Å²) in [7, 11) is 1.52. The maximum Gasteiger partial charge on any atom is 0.278 e. The van der Waals surface area contributed by atoms with Gasteiger partial charge in [0.05, 0.1) is 6.10 Å². The molecule has 1 N–H and O–H groups in total. The van der Waals surface area contributed by atoms with Crippen molar-refractivity contribution in [2.75, 3.05) is 13.6 Å². The predicted octanol–water partition coefficient (Wildman–Crippen LogP) is 1.52. The number of likely N-dealkylation sites (N-methyl/N-ethyl adjacent to an activating group) is 1. The van der Waals surface area contributed by atoms with Crippen LogP contribution in [0.15, 0.2) is 35.1 Å². The van der Waals surface area contributed by atoms with Crippen LogP contribution in [0.3, 0.4) is 0 Å². The summed E-state index contributed by atoms with van der Waals surface area (Å²) >= 11 is 0. The van der Waals surface area contributed by atoms with Gasteiger partial charge in [0.2, 0.25) is 5.43 Å². The van der Waals surface area contributed by atoms with Crippen molar-refractivity contribution in [1.29, 1.82) is 0 Å². The van der Waals surface area contributed by atoms with Crippen LogP contribution in [0.4, 0.5) is 4.39 Å². The van der Waals surface area contributed by atoms with Gasteiger partial charge in [0, 0.05) is 25.4 Å². The summed E-state index contributed by atoms with van der Waals surface area (Å²) in [5, 5.41) is 14.1. The van der Waals surface area contributed by atoms with Crippen LogP contribution in [0.5, 0.6) is 0 Å². The Kier molecular flexibility index (Phi) is 4.67. The smallest absolute Gasteiger partial charge is 0.278 e. The summed E-state index contributed by atoms with van der Waals surface area (Å²) in [6.07, 6.45) is 1.30. The lowest BCUT2D eigenvalue weighted by Gasteiger charge is -2.20. The standard InChI is InChI=1S/C18H20FN3O3/c1-11-9-15(23)17(18(25)21(2)10-16(24)12-7-8-12)20-22(11)14-6-4-3-5-13(14)19/h3-6,9,12,16,24H,7-8,10H2,1-2H3. The van der Waals surface area contributed by atoms with E-state index in [4.69, 9.17) is 0 Å². The second-order valence-electron chi connectivity index (χ2n) is 6.45. The van der Waals surface area contributed by atoms with Gasteiger partial charge in [-0.2, -0.15) is 5.10 Å². The van der Waals surface area contributed by atoms with Gasteiger partial charge in [-0.3, -0.25) is 9.59 Å². The number of aryl methyl sites for hydroxylation is 1. The molecular weight excluding hydrogens is 325 g/mol. The number of rotatable bonds is 5. The van der Waals surface area contributed by atoms with Crippen LogP contribution in [0, 0.1) is 18.7 Å². The topological polar surface area (TPSA) is 75.4 Å². The number of hydrogen-bond donors (Lipinski definition) is 1. The van der Waals surface area contributed by atoms with Crippen LogP contribution < -0.4 is 5.43 Å². The molecule has 0 bridgehead atoms. The van der Waals surface area contributed by atoms with E-state index in [1.807, 2.05) is 0 Å². The molecule has 0 saturated heterocycles. The molecule has 1 saturated carbocycles. The van der Waals surface area contributed by atoms with E-state index < -0.39 is 23.3 Å². The SMILES string of the molecule is Cc1cc(=O)c(C(=O)N(C)CC(O)C2CC2)nn1-c1ccccc1F. The first-order valence-electron chi connectivity index (χ1n) is 8.18. The average molecular weight is 345 g/mol. The van der Waals surface area contributed by atoms with Crippen LogP contribution in [0.2, 0.25) is 0 Å². The number of hydrogen-bond acceptors (Lipinski definition) is 4. The monoisotopic (exact) mass is 345 g/mol. The Morgan fingerprint density at radius 1 is 1.44 bits per heavy atom. The Hall–Kier alpha value is -2.54. The molecule has 1 aliphatic rings. The van der Waals surface area contributed by atoms with Crippen molar-refractivity contribution < 1.29 is 14.3 Å². The largest absolute Gasteiger partial charge is 0.391 e. The fourth-order valence-corrected chi connectivity index (χ4v) is 2.74. The minimum atomic E-state index is -0.604. The van der Waals surface area contributed by atoms with E-state index in [-0.39, 0.29) is 23.8 Å². The lowest BCUT2D eigenvalue weighted by atomic mass is 10.2. The molecule has 1 atom stereocenters. The Morgan fingerprint density at radius 2 is 2.12 bits per heavy atom. The third kappa shape index (κ3) is 3.61.